The first kappa shape index (κ1) is 12.7. The molecule has 0 radical (unpaired) electrons. The Bertz CT molecular complexity index is 1180. The Balaban J connectivity index is 1.76. The van der Waals surface area contributed by atoms with Crippen molar-refractivity contribution in [2.24, 2.45) is 0 Å². The molecule has 108 valence electrons. The summed E-state index contributed by atoms with van der Waals surface area (Å²) in [5.41, 5.74) is 2.62. The molecule has 0 atom stereocenters. The molecule has 3 aromatic heterocycles. The number of fused-ring (bicyclic) bond motifs is 4. The lowest BCUT2D eigenvalue weighted by Gasteiger charge is -2.02. The number of aromatic nitrogens is 3. The first-order chi connectivity index (χ1) is 11.4. The van der Waals surface area contributed by atoms with Gasteiger partial charge < -0.3 is 0 Å². The van der Waals surface area contributed by atoms with Crippen molar-refractivity contribution >= 4 is 42.5 Å². The molecule has 0 aliphatic carbocycles. The van der Waals surface area contributed by atoms with Crippen molar-refractivity contribution in [1.29, 1.82) is 0 Å². The first-order valence-electron chi connectivity index (χ1n) is 7.38. The van der Waals surface area contributed by atoms with Crippen molar-refractivity contribution in [2.45, 2.75) is 0 Å². The van der Waals surface area contributed by atoms with Crippen LogP contribution < -0.4 is 0 Å². The summed E-state index contributed by atoms with van der Waals surface area (Å²) in [4.78, 5) is 14.9. The van der Waals surface area contributed by atoms with E-state index in [1.54, 1.807) is 11.3 Å². The molecule has 0 saturated heterocycles. The van der Waals surface area contributed by atoms with Crippen molar-refractivity contribution in [1.82, 2.24) is 15.0 Å². The molecule has 4 heteroatoms. The third kappa shape index (κ3) is 1.99. The molecule has 0 saturated carbocycles. The van der Waals surface area contributed by atoms with Gasteiger partial charge in [-0.3, -0.25) is 4.98 Å². The van der Waals surface area contributed by atoms with E-state index < -0.39 is 0 Å². The van der Waals surface area contributed by atoms with Gasteiger partial charge in [0.1, 0.15) is 16.0 Å². The summed E-state index contributed by atoms with van der Waals surface area (Å²) in [6, 6.07) is 18.6. The summed E-state index contributed by atoms with van der Waals surface area (Å²) in [5, 5.41) is 3.45. The highest BCUT2D eigenvalue weighted by molar-refractivity contribution is 7.25. The molecule has 0 aliphatic heterocycles. The lowest BCUT2D eigenvalue weighted by Crippen LogP contribution is -1.89. The molecule has 5 aromatic rings. The zero-order valence-electron chi connectivity index (χ0n) is 12.1. The molecule has 0 aliphatic rings. The van der Waals surface area contributed by atoms with Crippen molar-refractivity contribution in [3.8, 4) is 11.4 Å². The van der Waals surface area contributed by atoms with E-state index in [9.17, 15) is 0 Å². The summed E-state index contributed by atoms with van der Waals surface area (Å²) < 4.78 is 1.21. The van der Waals surface area contributed by atoms with Crippen molar-refractivity contribution in [2.75, 3.05) is 0 Å². The molecule has 5 rings (SSSR count). The van der Waals surface area contributed by atoms with Crippen molar-refractivity contribution in [3.63, 3.8) is 0 Å². The van der Waals surface area contributed by atoms with Crippen LogP contribution in [0.1, 0.15) is 0 Å². The highest BCUT2D eigenvalue weighted by Crippen LogP contribution is 2.32. The molecule has 0 N–H and O–H groups in total. The van der Waals surface area contributed by atoms with Crippen LogP contribution in [0.3, 0.4) is 0 Å². The average molecular weight is 313 g/mol. The van der Waals surface area contributed by atoms with Crippen LogP contribution in [0.25, 0.3) is 42.6 Å². The molecular formula is C19H11N3S. The van der Waals surface area contributed by atoms with Gasteiger partial charge in [-0.15, -0.1) is 11.3 Å². The molecule has 0 unspecified atom stereocenters. The predicted octanol–water partition coefficient (Wildman–Crippen LogP) is 5.06. The molecule has 3 heterocycles. The van der Waals surface area contributed by atoms with E-state index in [0.29, 0.717) is 0 Å². The summed E-state index contributed by atoms with van der Waals surface area (Å²) in [5.74, 6) is 0. The lowest BCUT2D eigenvalue weighted by atomic mass is 10.1. The largest absolute Gasteiger partial charge is 0.254 e. The average Bonchev–Trinajstić information content (AvgIpc) is 2.99. The number of thiophene rings is 1. The van der Waals surface area contributed by atoms with Crippen LogP contribution in [-0.2, 0) is 0 Å². The Morgan fingerprint density at radius 2 is 1.57 bits per heavy atom. The van der Waals surface area contributed by atoms with Crippen LogP contribution in [0.4, 0.5) is 0 Å². The second-order valence-electron chi connectivity index (χ2n) is 5.42. The van der Waals surface area contributed by atoms with Crippen LogP contribution in [0, 0.1) is 0 Å². The Hall–Kier alpha value is -2.85. The van der Waals surface area contributed by atoms with Gasteiger partial charge >= 0.3 is 0 Å². The Kier molecular flexibility index (Phi) is 2.66. The minimum absolute atomic E-state index is 0.812. The number of hydrogen-bond acceptors (Lipinski definition) is 4. The smallest absolute Gasteiger partial charge is 0.143 e. The zero-order chi connectivity index (χ0) is 15.2. The SMILES string of the molecule is c1ccc2cc(-c3cnc4sc5ccccc5c4n3)ncc2c1. The van der Waals surface area contributed by atoms with Gasteiger partial charge in [-0.2, -0.15) is 0 Å². The number of benzene rings is 2. The molecule has 0 fully saturated rings. The van der Waals surface area contributed by atoms with Crippen molar-refractivity contribution in [3.05, 3.63) is 67.0 Å². The zero-order valence-corrected chi connectivity index (χ0v) is 12.9. The highest BCUT2D eigenvalue weighted by atomic mass is 32.1. The van der Waals surface area contributed by atoms with E-state index in [1.807, 2.05) is 36.7 Å². The van der Waals surface area contributed by atoms with Crippen molar-refractivity contribution < 1.29 is 0 Å². The maximum Gasteiger partial charge on any atom is 0.143 e. The van der Waals surface area contributed by atoms with Crippen LogP contribution in [-0.4, -0.2) is 15.0 Å². The maximum atomic E-state index is 4.83. The first-order valence-corrected chi connectivity index (χ1v) is 8.19. The number of rotatable bonds is 1. The van der Waals surface area contributed by atoms with E-state index in [1.165, 1.54) is 4.70 Å². The number of nitrogens with zero attached hydrogens (tertiary/aromatic N) is 3. The number of pyridine rings is 1. The van der Waals surface area contributed by atoms with Gasteiger partial charge in [-0.1, -0.05) is 42.5 Å². The molecule has 23 heavy (non-hydrogen) atoms. The van der Waals surface area contributed by atoms with Gasteiger partial charge in [0, 0.05) is 21.7 Å². The Labute approximate surface area is 136 Å². The lowest BCUT2D eigenvalue weighted by molar-refractivity contribution is 1.26. The molecular weight excluding hydrogens is 302 g/mol. The Morgan fingerprint density at radius 1 is 0.739 bits per heavy atom. The van der Waals surface area contributed by atoms with E-state index in [4.69, 9.17) is 4.98 Å². The monoisotopic (exact) mass is 313 g/mol. The predicted molar refractivity (Wildman–Crippen MR) is 95.7 cm³/mol. The topological polar surface area (TPSA) is 38.7 Å². The Morgan fingerprint density at radius 3 is 2.52 bits per heavy atom. The quantitative estimate of drug-likeness (QED) is 0.434. The maximum absolute atomic E-state index is 4.83. The summed E-state index contributed by atoms with van der Waals surface area (Å²) in [7, 11) is 0. The standard InChI is InChI=1S/C19H11N3S/c1-2-6-13-10-20-15(9-12(13)5-1)16-11-21-19-18(22-16)14-7-3-4-8-17(14)23-19/h1-11H. The highest BCUT2D eigenvalue weighted by Gasteiger charge is 2.10. The van der Waals surface area contributed by atoms with E-state index in [0.717, 1.165) is 37.9 Å². The van der Waals surface area contributed by atoms with Crippen LogP contribution in [0.2, 0.25) is 0 Å². The minimum atomic E-state index is 0.812. The van der Waals surface area contributed by atoms with Crippen LogP contribution in [0.5, 0.6) is 0 Å². The minimum Gasteiger partial charge on any atom is -0.254 e. The van der Waals surface area contributed by atoms with Gasteiger partial charge in [0.2, 0.25) is 0 Å². The van der Waals surface area contributed by atoms with Gasteiger partial charge in [0.15, 0.2) is 0 Å². The van der Waals surface area contributed by atoms with E-state index in [-0.39, 0.29) is 0 Å². The third-order valence-corrected chi connectivity index (χ3v) is 5.05. The van der Waals surface area contributed by atoms with Gasteiger partial charge in [-0.05, 0) is 17.5 Å². The van der Waals surface area contributed by atoms with Gasteiger partial charge in [0.25, 0.3) is 0 Å². The summed E-state index contributed by atoms with van der Waals surface area (Å²) in [6.07, 6.45) is 3.71. The fourth-order valence-electron chi connectivity index (χ4n) is 2.83. The van der Waals surface area contributed by atoms with E-state index >= 15 is 0 Å². The van der Waals surface area contributed by atoms with Gasteiger partial charge in [0.05, 0.1) is 11.9 Å². The van der Waals surface area contributed by atoms with Crippen LogP contribution >= 0.6 is 11.3 Å². The fourth-order valence-corrected chi connectivity index (χ4v) is 3.82. The molecule has 0 bridgehead atoms. The second kappa shape index (κ2) is 4.83. The summed E-state index contributed by atoms with van der Waals surface area (Å²) >= 11 is 1.67. The van der Waals surface area contributed by atoms with E-state index in [2.05, 4.69) is 40.3 Å². The molecule has 2 aromatic carbocycles. The normalized spacial score (nSPS) is 11.5. The molecule has 0 spiro atoms. The fraction of sp³-hybridized carbons (Fsp3) is 0. The molecule has 3 nitrogen and oxygen atoms in total. The third-order valence-electron chi connectivity index (χ3n) is 3.98. The van der Waals surface area contributed by atoms with Gasteiger partial charge in [-0.25, -0.2) is 9.97 Å². The molecule has 0 amide bonds. The summed E-state index contributed by atoms with van der Waals surface area (Å²) in [6.45, 7) is 0. The number of hydrogen-bond donors (Lipinski definition) is 0. The van der Waals surface area contributed by atoms with Crippen LogP contribution in [0.15, 0.2) is 67.0 Å². The second-order valence-corrected chi connectivity index (χ2v) is 6.45.